The molecule has 2 aliphatic heterocycles. The molecule has 1 aromatic carbocycles. The number of halogens is 1. The summed E-state index contributed by atoms with van der Waals surface area (Å²) < 4.78 is 12.9. The van der Waals surface area contributed by atoms with E-state index in [-0.39, 0.29) is 18.0 Å². The number of piperidine rings is 1. The SMILES string of the molecule is OCC1(Nc2ccc(F)cc2)CCN2CCCC2C1. The van der Waals surface area contributed by atoms with Crippen LogP contribution in [0.4, 0.5) is 10.1 Å². The minimum atomic E-state index is -0.247. The van der Waals surface area contributed by atoms with E-state index in [4.69, 9.17) is 0 Å². The van der Waals surface area contributed by atoms with Crippen LogP contribution in [0.15, 0.2) is 24.3 Å². The fourth-order valence-electron chi connectivity index (χ4n) is 3.47. The lowest BCUT2D eigenvalue weighted by molar-refractivity contribution is 0.0964. The third-order valence-electron chi connectivity index (χ3n) is 4.56. The van der Waals surface area contributed by atoms with Crippen LogP contribution in [0.25, 0.3) is 0 Å². The van der Waals surface area contributed by atoms with Crippen LogP contribution in [0, 0.1) is 5.82 Å². The molecule has 3 rings (SSSR count). The molecule has 19 heavy (non-hydrogen) atoms. The van der Waals surface area contributed by atoms with Crippen LogP contribution in [0.3, 0.4) is 0 Å². The summed E-state index contributed by atoms with van der Waals surface area (Å²) in [5, 5.41) is 13.3. The quantitative estimate of drug-likeness (QED) is 0.879. The molecule has 104 valence electrons. The summed E-state index contributed by atoms with van der Waals surface area (Å²) in [6.07, 6.45) is 4.41. The maximum Gasteiger partial charge on any atom is 0.123 e. The third-order valence-corrected chi connectivity index (χ3v) is 4.56. The van der Waals surface area contributed by atoms with Gasteiger partial charge in [-0.15, -0.1) is 0 Å². The van der Waals surface area contributed by atoms with Crippen molar-refractivity contribution in [1.29, 1.82) is 0 Å². The van der Waals surface area contributed by atoms with Gasteiger partial charge in [-0.05, 0) is 56.5 Å². The van der Waals surface area contributed by atoms with E-state index in [1.54, 1.807) is 12.1 Å². The molecule has 0 amide bonds. The largest absolute Gasteiger partial charge is 0.394 e. The lowest BCUT2D eigenvalue weighted by atomic mass is 9.83. The number of hydrogen-bond acceptors (Lipinski definition) is 3. The average Bonchev–Trinajstić information content (AvgIpc) is 2.88. The lowest BCUT2D eigenvalue weighted by Crippen LogP contribution is -2.54. The number of hydrogen-bond donors (Lipinski definition) is 2. The molecule has 0 spiro atoms. The molecule has 0 radical (unpaired) electrons. The Morgan fingerprint density at radius 3 is 2.84 bits per heavy atom. The van der Waals surface area contributed by atoms with E-state index < -0.39 is 0 Å². The zero-order valence-electron chi connectivity index (χ0n) is 11.1. The molecule has 3 nitrogen and oxygen atoms in total. The molecule has 0 aliphatic carbocycles. The Labute approximate surface area is 113 Å². The minimum absolute atomic E-state index is 0.134. The number of nitrogens with one attached hydrogen (secondary N) is 1. The first-order valence-corrected chi connectivity index (χ1v) is 7.09. The first kappa shape index (κ1) is 12.9. The number of aliphatic hydroxyl groups excluding tert-OH is 1. The van der Waals surface area contributed by atoms with Gasteiger partial charge in [0.15, 0.2) is 0 Å². The van der Waals surface area contributed by atoms with E-state index in [9.17, 15) is 9.50 Å². The van der Waals surface area contributed by atoms with Crippen molar-refractivity contribution >= 4 is 5.69 Å². The topological polar surface area (TPSA) is 35.5 Å². The fourth-order valence-corrected chi connectivity index (χ4v) is 3.47. The van der Waals surface area contributed by atoms with Gasteiger partial charge in [-0.1, -0.05) is 0 Å². The van der Waals surface area contributed by atoms with Gasteiger partial charge in [0.1, 0.15) is 5.82 Å². The van der Waals surface area contributed by atoms with Gasteiger partial charge in [-0.25, -0.2) is 4.39 Å². The number of fused-ring (bicyclic) bond motifs is 1. The number of benzene rings is 1. The van der Waals surface area contributed by atoms with Crippen LogP contribution in [-0.2, 0) is 0 Å². The highest BCUT2D eigenvalue weighted by molar-refractivity contribution is 5.46. The van der Waals surface area contributed by atoms with Crippen molar-refractivity contribution in [1.82, 2.24) is 4.90 Å². The zero-order valence-corrected chi connectivity index (χ0v) is 11.1. The van der Waals surface area contributed by atoms with Crippen molar-refractivity contribution in [2.75, 3.05) is 25.0 Å². The van der Waals surface area contributed by atoms with Gasteiger partial charge in [0.05, 0.1) is 12.1 Å². The lowest BCUT2D eigenvalue weighted by Gasteiger charge is -2.44. The van der Waals surface area contributed by atoms with Gasteiger partial charge in [0.2, 0.25) is 0 Å². The summed E-state index contributed by atoms with van der Waals surface area (Å²) in [6.45, 7) is 2.37. The van der Waals surface area contributed by atoms with Crippen LogP contribution in [-0.4, -0.2) is 41.3 Å². The second kappa shape index (κ2) is 5.10. The Balaban J connectivity index is 1.74. The molecule has 2 saturated heterocycles. The number of aliphatic hydroxyl groups is 1. The second-order valence-corrected chi connectivity index (χ2v) is 5.86. The summed E-state index contributed by atoms with van der Waals surface area (Å²) >= 11 is 0. The highest BCUT2D eigenvalue weighted by Gasteiger charge is 2.41. The second-order valence-electron chi connectivity index (χ2n) is 5.86. The maximum absolute atomic E-state index is 12.9. The monoisotopic (exact) mass is 264 g/mol. The van der Waals surface area contributed by atoms with Crippen LogP contribution < -0.4 is 5.32 Å². The summed E-state index contributed by atoms with van der Waals surface area (Å²) in [7, 11) is 0. The smallest absolute Gasteiger partial charge is 0.123 e. The Hall–Kier alpha value is -1.13. The van der Waals surface area contributed by atoms with Crippen molar-refractivity contribution < 1.29 is 9.50 Å². The Morgan fingerprint density at radius 1 is 1.32 bits per heavy atom. The molecule has 2 unspecified atom stereocenters. The third kappa shape index (κ3) is 2.60. The Bertz CT molecular complexity index is 436. The molecule has 2 atom stereocenters. The van der Waals surface area contributed by atoms with Crippen molar-refractivity contribution in [3.05, 3.63) is 30.1 Å². The fraction of sp³-hybridized carbons (Fsp3) is 0.600. The van der Waals surface area contributed by atoms with Crippen LogP contribution in [0.1, 0.15) is 25.7 Å². The Morgan fingerprint density at radius 2 is 2.11 bits per heavy atom. The van der Waals surface area contributed by atoms with Gasteiger partial charge in [0, 0.05) is 18.3 Å². The molecule has 4 heteroatoms. The van der Waals surface area contributed by atoms with Gasteiger partial charge in [0.25, 0.3) is 0 Å². The van der Waals surface area contributed by atoms with Gasteiger partial charge >= 0.3 is 0 Å². The number of nitrogens with zero attached hydrogens (tertiary/aromatic N) is 1. The van der Waals surface area contributed by atoms with Gasteiger partial charge in [-0.2, -0.15) is 0 Å². The molecule has 2 heterocycles. The van der Waals surface area contributed by atoms with Crippen molar-refractivity contribution in [3.8, 4) is 0 Å². The molecule has 2 N–H and O–H groups in total. The maximum atomic E-state index is 12.9. The van der Waals surface area contributed by atoms with Gasteiger partial charge in [-0.3, -0.25) is 0 Å². The molecule has 0 bridgehead atoms. The molecule has 1 aromatic rings. The predicted octanol–water partition coefficient (Wildman–Crippen LogP) is 2.23. The van der Waals surface area contributed by atoms with E-state index in [1.807, 2.05) is 0 Å². The highest BCUT2D eigenvalue weighted by atomic mass is 19.1. The molecule has 0 aromatic heterocycles. The van der Waals surface area contributed by atoms with E-state index in [0.29, 0.717) is 6.04 Å². The van der Waals surface area contributed by atoms with E-state index in [2.05, 4.69) is 10.2 Å². The summed E-state index contributed by atoms with van der Waals surface area (Å²) in [4.78, 5) is 2.53. The first-order valence-electron chi connectivity index (χ1n) is 7.09. The van der Waals surface area contributed by atoms with Crippen LogP contribution in [0.2, 0.25) is 0 Å². The molecular weight excluding hydrogens is 243 g/mol. The zero-order chi connectivity index (χ0) is 13.3. The normalized spacial score (nSPS) is 31.2. The standard InChI is InChI=1S/C15H21FN2O/c16-12-3-5-13(6-4-12)17-15(11-19)7-9-18-8-1-2-14(18)10-15/h3-6,14,17,19H,1-2,7-11H2. The van der Waals surface area contributed by atoms with Crippen molar-refractivity contribution in [2.24, 2.45) is 0 Å². The minimum Gasteiger partial charge on any atom is -0.394 e. The predicted molar refractivity (Wildman–Crippen MR) is 73.7 cm³/mol. The first-order chi connectivity index (χ1) is 9.21. The molecular formula is C15H21FN2O. The van der Waals surface area contributed by atoms with Crippen molar-refractivity contribution in [3.63, 3.8) is 0 Å². The Kier molecular flexibility index (Phi) is 3.46. The molecule has 2 fully saturated rings. The van der Waals surface area contributed by atoms with E-state index in [0.717, 1.165) is 25.1 Å². The summed E-state index contributed by atoms with van der Waals surface area (Å²) in [6, 6.07) is 6.99. The number of rotatable bonds is 3. The van der Waals surface area contributed by atoms with E-state index in [1.165, 1.54) is 31.5 Å². The van der Waals surface area contributed by atoms with Crippen molar-refractivity contribution in [2.45, 2.75) is 37.3 Å². The molecule has 2 aliphatic rings. The van der Waals surface area contributed by atoms with Gasteiger partial charge < -0.3 is 15.3 Å². The summed E-state index contributed by atoms with van der Waals surface area (Å²) in [5.74, 6) is -0.228. The number of anilines is 1. The molecule has 0 saturated carbocycles. The van der Waals surface area contributed by atoms with Crippen LogP contribution >= 0.6 is 0 Å². The highest BCUT2D eigenvalue weighted by Crippen LogP contribution is 2.35. The summed E-state index contributed by atoms with van der Waals surface area (Å²) in [5.41, 5.74) is 0.644. The van der Waals surface area contributed by atoms with E-state index >= 15 is 0 Å². The van der Waals surface area contributed by atoms with Crippen LogP contribution in [0.5, 0.6) is 0 Å². The average molecular weight is 264 g/mol.